The Kier molecular flexibility index (Phi) is 5.51. The summed E-state index contributed by atoms with van der Waals surface area (Å²) in [7, 11) is 0. The maximum atomic E-state index is 5.75. The Hall–Kier alpha value is -0.980. The Morgan fingerprint density at radius 3 is 2.80 bits per heavy atom. The van der Waals surface area contributed by atoms with E-state index in [0.717, 1.165) is 26.2 Å². The van der Waals surface area contributed by atoms with E-state index in [1.807, 2.05) is 13.8 Å². The van der Waals surface area contributed by atoms with E-state index in [2.05, 4.69) is 28.9 Å². The molecule has 1 aliphatic rings. The fraction of sp³-hybridized carbons (Fsp3) is 0.857. The first kappa shape index (κ1) is 15.4. The van der Waals surface area contributed by atoms with Crippen molar-refractivity contribution in [3.05, 3.63) is 11.7 Å². The molecule has 1 aromatic heterocycles. The summed E-state index contributed by atoms with van der Waals surface area (Å²) >= 11 is 0. The summed E-state index contributed by atoms with van der Waals surface area (Å²) in [6.07, 6.45) is 0.177. The van der Waals surface area contributed by atoms with E-state index >= 15 is 0 Å². The van der Waals surface area contributed by atoms with Gasteiger partial charge in [-0.1, -0.05) is 19.0 Å². The molecule has 2 rings (SSSR count). The first-order chi connectivity index (χ1) is 9.56. The van der Waals surface area contributed by atoms with E-state index in [-0.39, 0.29) is 18.1 Å². The van der Waals surface area contributed by atoms with Crippen LogP contribution in [-0.4, -0.2) is 54.0 Å². The first-order valence-corrected chi connectivity index (χ1v) is 7.35. The predicted octanol–water partition coefficient (Wildman–Crippen LogP) is 1.99. The lowest BCUT2D eigenvalue weighted by atomic mass is 10.2. The molecule has 0 N–H and O–H groups in total. The molecule has 2 heterocycles. The van der Waals surface area contributed by atoms with Gasteiger partial charge in [0.05, 0.1) is 19.3 Å². The molecular formula is C14H25N3O3. The van der Waals surface area contributed by atoms with E-state index in [1.54, 1.807) is 0 Å². The van der Waals surface area contributed by atoms with E-state index in [9.17, 15) is 0 Å². The van der Waals surface area contributed by atoms with Crippen molar-refractivity contribution in [3.63, 3.8) is 0 Å². The zero-order valence-corrected chi connectivity index (χ0v) is 12.8. The third-order valence-electron chi connectivity index (χ3n) is 3.25. The molecular weight excluding hydrogens is 258 g/mol. The molecule has 0 bridgehead atoms. The normalized spacial score (nSPS) is 21.0. The minimum atomic E-state index is -0.0981. The van der Waals surface area contributed by atoms with Gasteiger partial charge in [-0.2, -0.15) is 4.98 Å². The van der Waals surface area contributed by atoms with Crippen LogP contribution in [0, 0.1) is 0 Å². The lowest BCUT2D eigenvalue weighted by Gasteiger charge is -2.31. The van der Waals surface area contributed by atoms with Crippen LogP contribution in [0.15, 0.2) is 4.52 Å². The van der Waals surface area contributed by atoms with Gasteiger partial charge in [0.2, 0.25) is 11.7 Å². The lowest BCUT2D eigenvalue weighted by Crippen LogP contribution is -2.40. The fourth-order valence-electron chi connectivity index (χ4n) is 2.09. The summed E-state index contributed by atoms with van der Waals surface area (Å²) in [6.45, 7) is 12.2. The van der Waals surface area contributed by atoms with Gasteiger partial charge in [0, 0.05) is 25.6 Å². The largest absolute Gasteiger partial charge is 0.377 e. The van der Waals surface area contributed by atoms with Crippen LogP contribution in [-0.2, 0) is 9.47 Å². The summed E-state index contributed by atoms with van der Waals surface area (Å²) in [5.74, 6) is 1.57. The van der Waals surface area contributed by atoms with Gasteiger partial charge in [-0.25, -0.2) is 0 Å². The second kappa shape index (κ2) is 7.15. The Morgan fingerprint density at radius 2 is 2.15 bits per heavy atom. The number of hydrogen-bond donors (Lipinski definition) is 0. The molecule has 1 atom stereocenters. The molecule has 0 radical (unpaired) electrons. The average Bonchev–Trinajstić information content (AvgIpc) is 2.88. The smallest absolute Gasteiger partial charge is 0.229 e. The molecule has 114 valence electrons. The van der Waals surface area contributed by atoms with E-state index in [1.165, 1.54) is 0 Å². The van der Waals surface area contributed by atoms with Gasteiger partial charge in [0.15, 0.2) is 0 Å². The van der Waals surface area contributed by atoms with Gasteiger partial charge < -0.3 is 14.0 Å². The Morgan fingerprint density at radius 1 is 1.35 bits per heavy atom. The van der Waals surface area contributed by atoms with Crippen molar-refractivity contribution in [2.45, 2.75) is 45.8 Å². The molecule has 1 aromatic rings. The molecule has 6 nitrogen and oxygen atoms in total. The molecule has 1 saturated heterocycles. The SMILES string of the molecule is CC(C)OCCN1CCOC(c2noc(C(C)C)n2)C1. The number of aromatic nitrogens is 2. The molecule has 1 unspecified atom stereocenters. The average molecular weight is 283 g/mol. The van der Waals surface area contributed by atoms with Gasteiger partial charge in [-0.15, -0.1) is 0 Å². The van der Waals surface area contributed by atoms with Gasteiger partial charge >= 0.3 is 0 Å². The van der Waals surface area contributed by atoms with Crippen LogP contribution in [0.1, 0.15) is 51.4 Å². The molecule has 1 aliphatic heterocycles. The standard InChI is InChI=1S/C14H25N3O3/c1-10(2)14-15-13(16-20-14)12-9-17(6-8-19-12)5-7-18-11(3)4/h10-12H,5-9H2,1-4H3. The van der Waals surface area contributed by atoms with Crippen molar-refractivity contribution in [1.29, 1.82) is 0 Å². The van der Waals surface area contributed by atoms with Crippen LogP contribution >= 0.6 is 0 Å². The third-order valence-corrected chi connectivity index (χ3v) is 3.25. The van der Waals surface area contributed by atoms with Crippen molar-refractivity contribution >= 4 is 0 Å². The van der Waals surface area contributed by atoms with Crippen molar-refractivity contribution < 1.29 is 14.0 Å². The molecule has 6 heteroatoms. The fourth-order valence-corrected chi connectivity index (χ4v) is 2.09. The van der Waals surface area contributed by atoms with Crippen molar-refractivity contribution in [2.75, 3.05) is 32.8 Å². The predicted molar refractivity (Wildman–Crippen MR) is 74.6 cm³/mol. The number of rotatable bonds is 6. The Labute approximate surface area is 120 Å². The lowest BCUT2D eigenvalue weighted by molar-refractivity contribution is -0.0456. The Balaban J connectivity index is 1.86. The summed E-state index contributed by atoms with van der Waals surface area (Å²) in [5, 5.41) is 4.04. The highest BCUT2D eigenvalue weighted by molar-refractivity contribution is 4.96. The highest BCUT2D eigenvalue weighted by atomic mass is 16.5. The monoisotopic (exact) mass is 283 g/mol. The van der Waals surface area contributed by atoms with Gasteiger partial charge in [0.25, 0.3) is 0 Å². The topological polar surface area (TPSA) is 60.6 Å². The van der Waals surface area contributed by atoms with Crippen LogP contribution < -0.4 is 0 Å². The van der Waals surface area contributed by atoms with E-state index in [4.69, 9.17) is 14.0 Å². The number of hydrogen-bond acceptors (Lipinski definition) is 6. The minimum absolute atomic E-state index is 0.0981. The summed E-state index contributed by atoms with van der Waals surface area (Å²) < 4.78 is 16.6. The molecule has 0 saturated carbocycles. The van der Waals surface area contributed by atoms with E-state index in [0.29, 0.717) is 18.3 Å². The van der Waals surface area contributed by atoms with Crippen LogP contribution in [0.5, 0.6) is 0 Å². The molecule has 0 aliphatic carbocycles. The van der Waals surface area contributed by atoms with Crippen LogP contribution in [0.2, 0.25) is 0 Å². The second-order valence-corrected chi connectivity index (χ2v) is 5.73. The summed E-state index contributed by atoms with van der Waals surface area (Å²) in [4.78, 5) is 6.74. The summed E-state index contributed by atoms with van der Waals surface area (Å²) in [6, 6.07) is 0. The maximum Gasteiger partial charge on any atom is 0.229 e. The van der Waals surface area contributed by atoms with Crippen LogP contribution in [0.25, 0.3) is 0 Å². The van der Waals surface area contributed by atoms with Crippen LogP contribution in [0.4, 0.5) is 0 Å². The zero-order valence-electron chi connectivity index (χ0n) is 12.8. The first-order valence-electron chi connectivity index (χ1n) is 7.35. The second-order valence-electron chi connectivity index (χ2n) is 5.73. The molecule has 20 heavy (non-hydrogen) atoms. The molecule has 0 aromatic carbocycles. The minimum Gasteiger partial charge on any atom is -0.377 e. The van der Waals surface area contributed by atoms with Crippen LogP contribution in [0.3, 0.4) is 0 Å². The van der Waals surface area contributed by atoms with Gasteiger partial charge in [-0.05, 0) is 13.8 Å². The molecule has 0 amide bonds. The maximum absolute atomic E-state index is 5.75. The zero-order chi connectivity index (χ0) is 14.5. The highest BCUT2D eigenvalue weighted by Gasteiger charge is 2.26. The Bertz CT molecular complexity index is 406. The quantitative estimate of drug-likeness (QED) is 0.795. The molecule has 1 fully saturated rings. The van der Waals surface area contributed by atoms with Gasteiger partial charge in [-0.3, -0.25) is 4.90 Å². The van der Waals surface area contributed by atoms with Crippen molar-refractivity contribution in [1.82, 2.24) is 15.0 Å². The highest BCUT2D eigenvalue weighted by Crippen LogP contribution is 2.21. The van der Waals surface area contributed by atoms with Crippen molar-refractivity contribution in [3.8, 4) is 0 Å². The summed E-state index contributed by atoms with van der Waals surface area (Å²) in [5.41, 5.74) is 0. The van der Waals surface area contributed by atoms with Gasteiger partial charge in [0.1, 0.15) is 6.10 Å². The number of ether oxygens (including phenoxy) is 2. The number of morpholine rings is 1. The third kappa shape index (κ3) is 4.26. The number of nitrogens with zero attached hydrogens (tertiary/aromatic N) is 3. The van der Waals surface area contributed by atoms with E-state index < -0.39 is 0 Å². The molecule has 0 spiro atoms. The van der Waals surface area contributed by atoms with Crippen molar-refractivity contribution in [2.24, 2.45) is 0 Å².